The molecule has 1 aromatic carbocycles. The van der Waals surface area contributed by atoms with Gasteiger partial charge in [0.15, 0.2) is 0 Å². The van der Waals surface area contributed by atoms with Gasteiger partial charge in [0.2, 0.25) is 0 Å². The third-order valence-corrected chi connectivity index (χ3v) is 2.99. The largest absolute Gasteiger partial charge is 0.481 e. The van der Waals surface area contributed by atoms with Gasteiger partial charge in [0.25, 0.3) is 5.91 Å². The second kappa shape index (κ2) is 6.65. The Balaban J connectivity index is 2.05. The van der Waals surface area contributed by atoms with Gasteiger partial charge in [-0.2, -0.15) is 0 Å². The number of pyridine rings is 1. The number of nitrogens with one attached hydrogen (secondary N) is 1. The van der Waals surface area contributed by atoms with Crippen molar-refractivity contribution >= 4 is 17.6 Å². The minimum Gasteiger partial charge on any atom is -0.481 e. The molecule has 2 aromatic rings. The van der Waals surface area contributed by atoms with Gasteiger partial charge in [0.05, 0.1) is 5.56 Å². The van der Waals surface area contributed by atoms with Crippen LogP contribution in [0.3, 0.4) is 0 Å². The van der Waals surface area contributed by atoms with Gasteiger partial charge in [0, 0.05) is 24.0 Å². The van der Waals surface area contributed by atoms with Crippen molar-refractivity contribution in [1.29, 1.82) is 0 Å². The predicted octanol–water partition coefficient (Wildman–Crippen LogP) is 2.66. The number of carbonyl (C=O) groups excluding carboxylic acids is 1. The lowest BCUT2D eigenvalue weighted by Crippen LogP contribution is -2.12. The molecule has 0 aliphatic heterocycles. The molecule has 1 aromatic heterocycles. The first kappa shape index (κ1) is 14.7. The number of carboxylic acid groups (broad SMARTS) is 1. The Morgan fingerprint density at radius 1 is 1.24 bits per heavy atom. The second-order valence-corrected chi connectivity index (χ2v) is 4.74. The third kappa shape index (κ3) is 4.42. The number of aromatic nitrogens is 1. The smallest absolute Gasteiger partial charge is 0.303 e. The number of rotatable bonds is 5. The molecule has 0 bridgehead atoms. The normalized spacial score (nSPS) is 10.1. The van der Waals surface area contributed by atoms with Gasteiger partial charge in [0.1, 0.15) is 0 Å². The highest BCUT2D eigenvalue weighted by atomic mass is 16.4. The molecule has 0 aliphatic rings. The molecule has 0 spiro atoms. The van der Waals surface area contributed by atoms with E-state index in [4.69, 9.17) is 5.11 Å². The Morgan fingerprint density at radius 2 is 2.05 bits per heavy atom. The van der Waals surface area contributed by atoms with E-state index < -0.39 is 5.97 Å². The standard InChI is InChI=1S/C16H16N2O3/c1-11-5-7-13(10-17-11)16(21)18-14-4-2-3-12(9-14)6-8-15(19)20/h2-5,7,9-10H,6,8H2,1H3,(H,18,21)(H,19,20). The summed E-state index contributed by atoms with van der Waals surface area (Å²) < 4.78 is 0. The van der Waals surface area contributed by atoms with Crippen LogP contribution in [0.15, 0.2) is 42.6 Å². The number of aliphatic carboxylic acids is 1. The lowest BCUT2D eigenvalue weighted by Gasteiger charge is -2.07. The lowest BCUT2D eigenvalue weighted by molar-refractivity contribution is -0.136. The van der Waals surface area contributed by atoms with Crippen molar-refractivity contribution in [2.75, 3.05) is 5.32 Å². The minimum absolute atomic E-state index is 0.0687. The van der Waals surface area contributed by atoms with E-state index in [-0.39, 0.29) is 12.3 Å². The second-order valence-electron chi connectivity index (χ2n) is 4.74. The molecule has 0 aliphatic carbocycles. The lowest BCUT2D eigenvalue weighted by atomic mass is 10.1. The maximum absolute atomic E-state index is 12.1. The van der Waals surface area contributed by atoms with E-state index in [1.807, 2.05) is 13.0 Å². The number of carboxylic acids is 1. The van der Waals surface area contributed by atoms with Crippen molar-refractivity contribution in [2.45, 2.75) is 19.8 Å². The number of aryl methyl sites for hydroxylation is 2. The van der Waals surface area contributed by atoms with Crippen LogP contribution in [0, 0.1) is 6.92 Å². The number of hydrogen-bond donors (Lipinski definition) is 2. The summed E-state index contributed by atoms with van der Waals surface area (Å²) in [5.74, 6) is -1.08. The molecule has 5 nitrogen and oxygen atoms in total. The summed E-state index contributed by atoms with van der Waals surface area (Å²) in [5.41, 5.74) is 2.85. The van der Waals surface area contributed by atoms with Gasteiger partial charge < -0.3 is 10.4 Å². The number of amides is 1. The zero-order valence-corrected chi connectivity index (χ0v) is 11.7. The highest BCUT2D eigenvalue weighted by molar-refractivity contribution is 6.04. The van der Waals surface area contributed by atoms with Gasteiger partial charge in [-0.15, -0.1) is 0 Å². The number of benzene rings is 1. The van der Waals surface area contributed by atoms with E-state index in [2.05, 4.69) is 10.3 Å². The Bertz CT molecular complexity index is 651. The van der Waals surface area contributed by atoms with E-state index >= 15 is 0 Å². The molecule has 0 saturated carbocycles. The molecular weight excluding hydrogens is 268 g/mol. The molecule has 5 heteroatoms. The average Bonchev–Trinajstić information content (AvgIpc) is 2.46. The van der Waals surface area contributed by atoms with E-state index in [9.17, 15) is 9.59 Å². The van der Waals surface area contributed by atoms with Gasteiger partial charge >= 0.3 is 5.97 Å². The summed E-state index contributed by atoms with van der Waals surface area (Å²) in [6.07, 6.45) is 2.03. The quantitative estimate of drug-likeness (QED) is 0.884. The molecule has 0 atom stereocenters. The fourth-order valence-electron chi connectivity index (χ4n) is 1.86. The van der Waals surface area contributed by atoms with Crippen molar-refractivity contribution in [1.82, 2.24) is 4.98 Å². The fourth-order valence-corrected chi connectivity index (χ4v) is 1.86. The van der Waals surface area contributed by atoms with Crippen molar-refractivity contribution in [2.24, 2.45) is 0 Å². The van der Waals surface area contributed by atoms with Crippen LogP contribution in [0.5, 0.6) is 0 Å². The highest BCUT2D eigenvalue weighted by Crippen LogP contribution is 2.13. The Kier molecular flexibility index (Phi) is 4.66. The molecular formula is C16H16N2O3. The average molecular weight is 284 g/mol. The topological polar surface area (TPSA) is 79.3 Å². The van der Waals surface area contributed by atoms with Gasteiger partial charge in [-0.25, -0.2) is 0 Å². The summed E-state index contributed by atoms with van der Waals surface area (Å²) in [4.78, 5) is 26.7. The molecule has 21 heavy (non-hydrogen) atoms. The minimum atomic E-state index is -0.838. The van der Waals surface area contributed by atoms with Crippen LogP contribution >= 0.6 is 0 Å². The van der Waals surface area contributed by atoms with Crippen LogP contribution in [-0.2, 0) is 11.2 Å². The molecule has 2 rings (SSSR count). The molecule has 108 valence electrons. The Hall–Kier alpha value is -2.69. The number of carbonyl (C=O) groups is 2. The molecule has 0 radical (unpaired) electrons. The first-order chi connectivity index (χ1) is 10.0. The van der Waals surface area contributed by atoms with E-state index in [1.54, 1.807) is 30.3 Å². The van der Waals surface area contributed by atoms with Crippen molar-refractivity contribution in [3.8, 4) is 0 Å². The summed E-state index contributed by atoms with van der Waals surface area (Å²) in [7, 11) is 0. The molecule has 0 fully saturated rings. The first-order valence-electron chi connectivity index (χ1n) is 6.59. The SMILES string of the molecule is Cc1ccc(C(=O)Nc2cccc(CCC(=O)O)c2)cn1. The molecule has 0 unspecified atom stereocenters. The van der Waals surface area contributed by atoms with Crippen LogP contribution < -0.4 is 5.32 Å². The number of anilines is 1. The van der Waals surface area contributed by atoms with Crippen molar-refractivity contribution in [3.63, 3.8) is 0 Å². The van der Waals surface area contributed by atoms with E-state index in [0.717, 1.165) is 11.3 Å². The zero-order valence-electron chi connectivity index (χ0n) is 11.7. The number of hydrogen-bond acceptors (Lipinski definition) is 3. The molecule has 1 heterocycles. The summed E-state index contributed by atoms with van der Waals surface area (Å²) in [5, 5.41) is 11.5. The maximum Gasteiger partial charge on any atom is 0.303 e. The van der Waals surface area contributed by atoms with E-state index in [0.29, 0.717) is 17.7 Å². The molecule has 0 saturated heterocycles. The van der Waals surface area contributed by atoms with Gasteiger partial charge in [-0.05, 0) is 43.2 Å². The van der Waals surface area contributed by atoms with Crippen LogP contribution in [0.1, 0.15) is 28.0 Å². The van der Waals surface area contributed by atoms with Crippen molar-refractivity contribution < 1.29 is 14.7 Å². The van der Waals surface area contributed by atoms with E-state index in [1.165, 1.54) is 6.20 Å². The Morgan fingerprint density at radius 3 is 2.71 bits per heavy atom. The van der Waals surface area contributed by atoms with Gasteiger partial charge in [-0.1, -0.05) is 12.1 Å². The Labute approximate surface area is 122 Å². The molecule has 2 N–H and O–H groups in total. The van der Waals surface area contributed by atoms with Crippen LogP contribution in [0.25, 0.3) is 0 Å². The monoisotopic (exact) mass is 284 g/mol. The van der Waals surface area contributed by atoms with Crippen molar-refractivity contribution in [3.05, 3.63) is 59.4 Å². The fraction of sp³-hybridized carbons (Fsp3) is 0.188. The summed E-state index contributed by atoms with van der Waals surface area (Å²) in [6, 6.07) is 10.7. The van der Waals surface area contributed by atoms with Gasteiger partial charge in [-0.3, -0.25) is 14.6 Å². The number of nitrogens with zero attached hydrogens (tertiary/aromatic N) is 1. The maximum atomic E-state index is 12.1. The molecule has 1 amide bonds. The van der Waals surface area contributed by atoms with Crippen LogP contribution in [-0.4, -0.2) is 22.0 Å². The predicted molar refractivity (Wildman–Crippen MR) is 79.3 cm³/mol. The summed E-state index contributed by atoms with van der Waals surface area (Å²) >= 11 is 0. The van der Waals surface area contributed by atoms with Crippen LogP contribution in [0.4, 0.5) is 5.69 Å². The third-order valence-electron chi connectivity index (χ3n) is 2.99. The van der Waals surface area contributed by atoms with Crippen LogP contribution in [0.2, 0.25) is 0 Å². The first-order valence-corrected chi connectivity index (χ1v) is 6.59. The summed E-state index contributed by atoms with van der Waals surface area (Å²) in [6.45, 7) is 1.85. The zero-order chi connectivity index (χ0) is 15.2. The highest BCUT2D eigenvalue weighted by Gasteiger charge is 2.07.